The van der Waals surface area contributed by atoms with E-state index in [0.717, 1.165) is 10.0 Å². The third-order valence-corrected chi connectivity index (χ3v) is 6.61. The van der Waals surface area contributed by atoms with E-state index in [9.17, 15) is 9.59 Å². The summed E-state index contributed by atoms with van der Waals surface area (Å²) in [6.07, 6.45) is 1.51. The van der Waals surface area contributed by atoms with Gasteiger partial charge in [0.25, 0.3) is 11.8 Å². The zero-order valence-corrected chi connectivity index (χ0v) is 21.7. The Balaban J connectivity index is 1.55. The highest BCUT2D eigenvalue weighted by Gasteiger charge is 2.35. The van der Waals surface area contributed by atoms with Gasteiger partial charge in [-0.1, -0.05) is 58.4 Å². The van der Waals surface area contributed by atoms with Crippen LogP contribution in [0.5, 0.6) is 5.75 Å². The van der Waals surface area contributed by atoms with E-state index in [4.69, 9.17) is 4.74 Å². The lowest BCUT2D eigenvalue weighted by Gasteiger charge is -2.30. The van der Waals surface area contributed by atoms with Gasteiger partial charge in [-0.05, 0) is 48.9 Å². The first-order chi connectivity index (χ1) is 18.0. The Kier molecular flexibility index (Phi) is 6.78. The lowest BCUT2D eigenvalue weighted by Crippen LogP contribution is -2.32. The summed E-state index contributed by atoms with van der Waals surface area (Å²) in [5.41, 5.74) is 3.53. The molecule has 0 saturated carbocycles. The van der Waals surface area contributed by atoms with Crippen LogP contribution in [-0.4, -0.2) is 28.7 Å². The summed E-state index contributed by atoms with van der Waals surface area (Å²) in [6, 6.07) is 23.6. The number of hydrogen-bond donors (Lipinski definition) is 3. The van der Waals surface area contributed by atoms with E-state index < -0.39 is 6.04 Å². The van der Waals surface area contributed by atoms with Crippen LogP contribution in [0.25, 0.3) is 0 Å². The number of anilines is 3. The SMILES string of the molecule is COc1ccccc1NC(=O)C1=C(C)Nc2c(C(=O)Nc3ccccc3)cnn2[C@H]1c1ccc(Br)cc1. The monoisotopic (exact) mass is 557 g/mol. The Bertz CT molecular complexity index is 1500. The number of nitrogens with zero attached hydrogens (tertiary/aromatic N) is 2. The number of aromatic nitrogens is 2. The lowest BCUT2D eigenvalue weighted by atomic mass is 9.94. The maximum absolute atomic E-state index is 13.7. The second kappa shape index (κ2) is 10.3. The average molecular weight is 558 g/mol. The molecular formula is C28H24BrN5O3. The van der Waals surface area contributed by atoms with Crippen molar-refractivity contribution in [1.29, 1.82) is 0 Å². The quantitative estimate of drug-likeness (QED) is 0.277. The number of allylic oxidation sites excluding steroid dienone is 1. The van der Waals surface area contributed by atoms with Crippen molar-refractivity contribution in [3.63, 3.8) is 0 Å². The Hall–Kier alpha value is -4.37. The molecule has 5 rings (SSSR count). The molecule has 1 aromatic heterocycles. The van der Waals surface area contributed by atoms with Gasteiger partial charge in [-0.25, -0.2) is 4.68 Å². The molecule has 0 unspecified atom stereocenters. The molecule has 4 aromatic rings. The van der Waals surface area contributed by atoms with Crippen LogP contribution in [0.1, 0.15) is 28.9 Å². The fraction of sp³-hybridized carbons (Fsp3) is 0.107. The normalized spacial score (nSPS) is 14.4. The predicted octanol–water partition coefficient (Wildman–Crippen LogP) is 5.83. The number of carbonyl (C=O) groups is 2. The van der Waals surface area contributed by atoms with Crippen LogP contribution in [0, 0.1) is 0 Å². The van der Waals surface area contributed by atoms with E-state index in [2.05, 4.69) is 37.0 Å². The first-order valence-electron chi connectivity index (χ1n) is 11.6. The van der Waals surface area contributed by atoms with Gasteiger partial charge in [-0.3, -0.25) is 9.59 Å². The van der Waals surface area contributed by atoms with Gasteiger partial charge < -0.3 is 20.7 Å². The molecule has 1 atom stereocenters. The number of benzene rings is 3. The number of rotatable bonds is 6. The molecule has 3 N–H and O–H groups in total. The second-order valence-electron chi connectivity index (χ2n) is 8.44. The summed E-state index contributed by atoms with van der Waals surface area (Å²) >= 11 is 3.48. The van der Waals surface area contributed by atoms with Gasteiger partial charge in [0.05, 0.1) is 24.6 Å². The zero-order chi connectivity index (χ0) is 25.9. The predicted molar refractivity (Wildman–Crippen MR) is 147 cm³/mol. The largest absolute Gasteiger partial charge is 0.495 e. The van der Waals surface area contributed by atoms with E-state index in [1.807, 2.05) is 73.7 Å². The number of ether oxygens (including phenoxy) is 1. The van der Waals surface area contributed by atoms with E-state index in [0.29, 0.717) is 39.8 Å². The number of nitrogens with one attached hydrogen (secondary N) is 3. The van der Waals surface area contributed by atoms with Crippen LogP contribution < -0.4 is 20.7 Å². The Morgan fingerprint density at radius 3 is 2.38 bits per heavy atom. The molecule has 2 heterocycles. The first-order valence-corrected chi connectivity index (χ1v) is 12.4. The molecule has 0 bridgehead atoms. The van der Waals surface area contributed by atoms with Gasteiger partial charge in [0.1, 0.15) is 23.2 Å². The van der Waals surface area contributed by atoms with Crippen molar-refractivity contribution in [2.75, 3.05) is 23.1 Å². The zero-order valence-electron chi connectivity index (χ0n) is 20.2. The van der Waals surface area contributed by atoms with Gasteiger partial charge >= 0.3 is 0 Å². The van der Waals surface area contributed by atoms with Gasteiger partial charge in [-0.2, -0.15) is 5.10 Å². The molecule has 8 nitrogen and oxygen atoms in total. The maximum Gasteiger partial charge on any atom is 0.261 e. The first kappa shape index (κ1) is 24.3. The minimum absolute atomic E-state index is 0.302. The standard InChI is InChI=1S/C28H24BrN5O3/c1-17-24(28(36)33-22-10-6-7-11-23(22)37-2)25(18-12-14-19(29)15-13-18)34-26(31-17)21(16-30-34)27(35)32-20-8-4-3-5-9-20/h3-16,25,31H,1-2H3,(H,32,35)(H,33,36)/t25-/m0/s1. The van der Waals surface area contributed by atoms with Crippen molar-refractivity contribution < 1.29 is 14.3 Å². The van der Waals surface area contributed by atoms with Crippen LogP contribution in [0.4, 0.5) is 17.2 Å². The highest BCUT2D eigenvalue weighted by atomic mass is 79.9. The molecule has 0 radical (unpaired) electrons. The van der Waals surface area contributed by atoms with Crippen molar-refractivity contribution in [3.8, 4) is 5.75 Å². The molecule has 0 saturated heterocycles. The molecule has 37 heavy (non-hydrogen) atoms. The molecular weight excluding hydrogens is 534 g/mol. The van der Waals surface area contributed by atoms with Crippen LogP contribution in [0.3, 0.4) is 0 Å². The molecule has 0 aliphatic carbocycles. The number of para-hydroxylation sites is 3. The number of halogens is 1. The highest BCUT2D eigenvalue weighted by molar-refractivity contribution is 9.10. The number of amides is 2. The van der Waals surface area contributed by atoms with Crippen molar-refractivity contribution in [2.45, 2.75) is 13.0 Å². The molecule has 1 aliphatic heterocycles. The molecule has 0 fully saturated rings. The summed E-state index contributed by atoms with van der Waals surface area (Å²) in [5, 5.41) is 13.7. The van der Waals surface area contributed by atoms with Crippen molar-refractivity contribution in [3.05, 3.63) is 112 Å². The Morgan fingerprint density at radius 1 is 0.946 bits per heavy atom. The summed E-state index contributed by atoms with van der Waals surface area (Å²) in [4.78, 5) is 26.8. The van der Waals surface area contributed by atoms with Crippen molar-refractivity contribution >= 4 is 44.9 Å². The third-order valence-electron chi connectivity index (χ3n) is 6.09. The molecule has 1 aliphatic rings. The van der Waals surface area contributed by atoms with Crippen molar-refractivity contribution in [1.82, 2.24) is 9.78 Å². The van der Waals surface area contributed by atoms with Crippen molar-refractivity contribution in [2.24, 2.45) is 0 Å². The molecule has 186 valence electrons. The number of hydrogen-bond acceptors (Lipinski definition) is 5. The van der Waals surface area contributed by atoms with Crippen LogP contribution in [0.2, 0.25) is 0 Å². The minimum Gasteiger partial charge on any atom is -0.495 e. The van der Waals surface area contributed by atoms with Crippen LogP contribution >= 0.6 is 15.9 Å². The molecule has 0 spiro atoms. The number of methoxy groups -OCH3 is 1. The van der Waals surface area contributed by atoms with Gasteiger partial charge in [0.15, 0.2) is 0 Å². The summed E-state index contributed by atoms with van der Waals surface area (Å²) < 4.78 is 7.99. The number of fused-ring (bicyclic) bond motifs is 1. The third kappa shape index (κ3) is 4.85. The fourth-order valence-corrected chi connectivity index (χ4v) is 4.59. The summed E-state index contributed by atoms with van der Waals surface area (Å²) in [7, 11) is 1.56. The van der Waals surface area contributed by atoms with Gasteiger partial charge in [0.2, 0.25) is 0 Å². The van der Waals surface area contributed by atoms with E-state index in [1.54, 1.807) is 23.9 Å². The average Bonchev–Trinajstić information content (AvgIpc) is 3.33. The summed E-state index contributed by atoms with van der Waals surface area (Å²) in [5.74, 6) is 0.452. The fourth-order valence-electron chi connectivity index (χ4n) is 4.33. The minimum atomic E-state index is -0.572. The van der Waals surface area contributed by atoms with Crippen LogP contribution in [-0.2, 0) is 4.79 Å². The van der Waals surface area contributed by atoms with E-state index >= 15 is 0 Å². The molecule has 9 heteroatoms. The smallest absolute Gasteiger partial charge is 0.261 e. The highest BCUT2D eigenvalue weighted by Crippen LogP contribution is 2.38. The molecule has 3 aromatic carbocycles. The van der Waals surface area contributed by atoms with Crippen LogP contribution in [0.15, 0.2) is 101 Å². The second-order valence-corrected chi connectivity index (χ2v) is 9.36. The van der Waals surface area contributed by atoms with E-state index in [1.165, 1.54) is 6.20 Å². The van der Waals surface area contributed by atoms with Gasteiger partial charge in [0, 0.05) is 15.9 Å². The summed E-state index contributed by atoms with van der Waals surface area (Å²) in [6.45, 7) is 1.82. The topological polar surface area (TPSA) is 97.3 Å². The Labute approximate surface area is 222 Å². The van der Waals surface area contributed by atoms with E-state index in [-0.39, 0.29) is 11.8 Å². The Morgan fingerprint density at radius 2 is 1.65 bits per heavy atom. The lowest BCUT2D eigenvalue weighted by molar-refractivity contribution is -0.113. The maximum atomic E-state index is 13.7. The number of carbonyl (C=O) groups excluding carboxylic acids is 2. The van der Waals surface area contributed by atoms with Gasteiger partial charge in [-0.15, -0.1) is 0 Å². The molecule has 2 amide bonds.